The lowest BCUT2D eigenvalue weighted by atomic mass is 9.91. The van der Waals surface area contributed by atoms with Gasteiger partial charge in [-0.2, -0.15) is 5.26 Å². The van der Waals surface area contributed by atoms with Crippen molar-refractivity contribution >= 4 is 0 Å². The van der Waals surface area contributed by atoms with E-state index in [1.165, 1.54) is 5.56 Å². The van der Waals surface area contributed by atoms with Crippen molar-refractivity contribution in [2.24, 2.45) is 0 Å². The molecule has 1 aliphatic rings. The quantitative estimate of drug-likeness (QED) is 0.727. The van der Waals surface area contributed by atoms with Crippen LogP contribution in [0.4, 0.5) is 0 Å². The van der Waals surface area contributed by atoms with Crippen LogP contribution in [-0.2, 0) is 0 Å². The standard InChI is InChI=1S/C12H14N2/c1-9-3-2-4-11(12(9)7-13)10-5-6-14-8-10/h2-4,10,14H,5-6,8H2,1H3/t10-/m1/s1. The summed E-state index contributed by atoms with van der Waals surface area (Å²) in [6.45, 7) is 4.09. The highest BCUT2D eigenvalue weighted by Crippen LogP contribution is 2.26. The van der Waals surface area contributed by atoms with Gasteiger partial charge in [0.1, 0.15) is 0 Å². The van der Waals surface area contributed by atoms with E-state index in [1.807, 2.05) is 19.1 Å². The Labute approximate surface area is 84.6 Å². The second kappa shape index (κ2) is 3.81. The summed E-state index contributed by atoms with van der Waals surface area (Å²) in [4.78, 5) is 0. The number of aryl methyl sites for hydroxylation is 1. The van der Waals surface area contributed by atoms with Gasteiger partial charge < -0.3 is 5.32 Å². The van der Waals surface area contributed by atoms with Gasteiger partial charge in [0.2, 0.25) is 0 Å². The summed E-state index contributed by atoms with van der Waals surface area (Å²) in [7, 11) is 0. The van der Waals surface area contributed by atoms with Crippen LogP contribution in [0.2, 0.25) is 0 Å². The smallest absolute Gasteiger partial charge is 0.0997 e. The van der Waals surface area contributed by atoms with Crippen LogP contribution >= 0.6 is 0 Å². The first-order valence-corrected chi connectivity index (χ1v) is 5.03. The fourth-order valence-corrected chi connectivity index (χ4v) is 2.10. The molecule has 1 N–H and O–H groups in total. The van der Waals surface area contributed by atoms with Crippen LogP contribution in [-0.4, -0.2) is 13.1 Å². The zero-order valence-corrected chi connectivity index (χ0v) is 8.38. The molecule has 2 heteroatoms. The molecule has 2 nitrogen and oxygen atoms in total. The van der Waals surface area contributed by atoms with Gasteiger partial charge in [0, 0.05) is 6.54 Å². The molecule has 72 valence electrons. The van der Waals surface area contributed by atoms with E-state index in [4.69, 9.17) is 5.26 Å². The van der Waals surface area contributed by atoms with E-state index in [0.717, 1.165) is 30.6 Å². The first-order valence-electron chi connectivity index (χ1n) is 5.03. The molecule has 1 atom stereocenters. The molecule has 0 amide bonds. The zero-order chi connectivity index (χ0) is 9.97. The molecule has 1 aromatic rings. The molecule has 2 rings (SSSR count). The molecule has 1 fully saturated rings. The minimum Gasteiger partial charge on any atom is -0.316 e. The maximum absolute atomic E-state index is 9.09. The topological polar surface area (TPSA) is 35.8 Å². The first-order chi connectivity index (χ1) is 6.83. The molecule has 1 heterocycles. The van der Waals surface area contributed by atoms with Gasteiger partial charge in [0.25, 0.3) is 0 Å². The largest absolute Gasteiger partial charge is 0.316 e. The van der Waals surface area contributed by atoms with Crippen LogP contribution in [0.5, 0.6) is 0 Å². The van der Waals surface area contributed by atoms with Crippen molar-refractivity contribution < 1.29 is 0 Å². The van der Waals surface area contributed by atoms with Gasteiger partial charge in [-0.25, -0.2) is 0 Å². The predicted octanol–water partition coefficient (Wildman–Crippen LogP) is 1.94. The number of hydrogen-bond donors (Lipinski definition) is 1. The Morgan fingerprint density at radius 1 is 1.50 bits per heavy atom. The van der Waals surface area contributed by atoms with E-state index >= 15 is 0 Å². The summed E-state index contributed by atoms with van der Waals surface area (Å²) in [6.07, 6.45) is 1.15. The number of benzene rings is 1. The second-order valence-electron chi connectivity index (χ2n) is 3.84. The minimum atomic E-state index is 0.532. The Bertz CT molecular complexity index is 370. The van der Waals surface area contributed by atoms with Gasteiger partial charge in [-0.3, -0.25) is 0 Å². The van der Waals surface area contributed by atoms with E-state index in [2.05, 4.69) is 17.5 Å². The van der Waals surface area contributed by atoms with Gasteiger partial charge >= 0.3 is 0 Å². The van der Waals surface area contributed by atoms with Crippen molar-refractivity contribution in [1.29, 1.82) is 5.26 Å². The highest BCUT2D eigenvalue weighted by atomic mass is 14.9. The molecule has 0 spiro atoms. The maximum atomic E-state index is 9.09. The Hall–Kier alpha value is -1.33. The van der Waals surface area contributed by atoms with Gasteiger partial charge in [-0.05, 0) is 36.9 Å². The SMILES string of the molecule is Cc1cccc([C@@H]2CCNC2)c1C#N. The number of rotatable bonds is 1. The second-order valence-corrected chi connectivity index (χ2v) is 3.84. The highest BCUT2D eigenvalue weighted by molar-refractivity contribution is 5.45. The van der Waals surface area contributed by atoms with Crippen LogP contribution in [0, 0.1) is 18.3 Å². The van der Waals surface area contributed by atoms with E-state index in [-0.39, 0.29) is 0 Å². The predicted molar refractivity (Wildman–Crippen MR) is 56.1 cm³/mol. The van der Waals surface area contributed by atoms with Crippen LogP contribution in [0.1, 0.15) is 29.0 Å². The molecule has 0 radical (unpaired) electrons. The highest BCUT2D eigenvalue weighted by Gasteiger charge is 2.19. The molecule has 0 bridgehead atoms. The fraction of sp³-hybridized carbons (Fsp3) is 0.417. The average Bonchev–Trinajstić information content (AvgIpc) is 2.70. The van der Waals surface area contributed by atoms with Crippen molar-refractivity contribution in [2.45, 2.75) is 19.3 Å². The maximum Gasteiger partial charge on any atom is 0.0997 e. The van der Waals surface area contributed by atoms with Gasteiger partial charge in [-0.15, -0.1) is 0 Å². The van der Waals surface area contributed by atoms with Crippen LogP contribution < -0.4 is 5.32 Å². The lowest BCUT2D eigenvalue weighted by molar-refractivity contribution is 0.760. The third-order valence-corrected chi connectivity index (χ3v) is 2.92. The van der Waals surface area contributed by atoms with Crippen LogP contribution in [0.3, 0.4) is 0 Å². The van der Waals surface area contributed by atoms with Crippen LogP contribution in [0.25, 0.3) is 0 Å². The normalized spacial score (nSPS) is 20.7. The molecule has 1 aromatic carbocycles. The molecule has 0 saturated carbocycles. The molecule has 0 aromatic heterocycles. The molecular formula is C12H14N2. The zero-order valence-electron chi connectivity index (χ0n) is 8.38. The van der Waals surface area contributed by atoms with Crippen molar-refractivity contribution in [2.75, 3.05) is 13.1 Å². The van der Waals surface area contributed by atoms with Gasteiger partial charge in [0.15, 0.2) is 0 Å². The van der Waals surface area contributed by atoms with E-state index in [9.17, 15) is 0 Å². The Morgan fingerprint density at radius 3 is 3.00 bits per heavy atom. The number of nitrogens with zero attached hydrogens (tertiary/aromatic N) is 1. The summed E-state index contributed by atoms with van der Waals surface area (Å²) >= 11 is 0. The minimum absolute atomic E-state index is 0.532. The van der Waals surface area contributed by atoms with Crippen molar-refractivity contribution in [1.82, 2.24) is 5.32 Å². The molecule has 1 saturated heterocycles. The third kappa shape index (κ3) is 1.51. The first kappa shape index (κ1) is 9.23. The Kier molecular flexibility index (Phi) is 2.51. The van der Waals surface area contributed by atoms with Gasteiger partial charge in [-0.1, -0.05) is 18.2 Å². The monoisotopic (exact) mass is 186 g/mol. The Balaban J connectivity index is 2.42. The van der Waals surface area contributed by atoms with E-state index < -0.39 is 0 Å². The molecule has 1 aliphatic heterocycles. The molecular weight excluding hydrogens is 172 g/mol. The lowest BCUT2D eigenvalue weighted by Crippen LogP contribution is -2.09. The Morgan fingerprint density at radius 2 is 2.36 bits per heavy atom. The van der Waals surface area contributed by atoms with Crippen molar-refractivity contribution in [3.63, 3.8) is 0 Å². The van der Waals surface area contributed by atoms with Gasteiger partial charge in [0.05, 0.1) is 11.6 Å². The summed E-state index contributed by atoms with van der Waals surface area (Å²) in [5.74, 6) is 0.532. The van der Waals surface area contributed by atoms with Crippen molar-refractivity contribution in [3.05, 3.63) is 34.9 Å². The van der Waals surface area contributed by atoms with E-state index in [1.54, 1.807) is 0 Å². The average molecular weight is 186 g/mol. The lowest BCUT2D eigenvalue weighted by Gasteiger charge is -2.11. The van der Waals surface area contributed by atoms with E-state index in [0.29, 0.717) is 5.92 Å². The number of nitriles is 1. The van der Waals surface area contributed by atoms with Crippen molar-refractivity contribution in [3.8, 4) is 6.07 Å². The summed E-state index contributed by atoms with van der Waals surface area (Å²) < 4.78 is 0. The summed E-state index contributed by atoms with van der Waals surface area (Å²) in [6, 6.07) is 8.45. The number of nitrogens with one attached hydrogen (secondary N) is 1. The molecule has 14 heavy (non-hydrogen) atoms. The fourth-order valence-electron chi connectivity index (χ4n) is 2.10. The summed E-state index contributed by atoms with van der Waals surface area (Å²) in [5.41, 5.74) is 3.19. The molecule has 0 aliphatic carbocycles. The molecule has 0 unspecified atom stereocenters. The summed E-state index contributed by atoms with van der Waals surface area (Å²) in [5, 5.41) is 12.4. The third-order valence-electron chi connectivity index (χ3n) is 2.92. The van der Waals surface area contributed by atoms with Crippen LogP contribution in [0.15, 0.2) is 18.2 Å². The number of hydrogen-bond acceptors (Lipinski definition) is 2.